The molecule has 1 aromatic carbocycles. The van der Waals surface area contributed by atoms with Crippen molar-refractivity contribution in [1.82, 2.24) is 13.9 Å². The number of halogens is 1. The topological polar surface area (TPSA) is 102 Å². The number of alkyl halides is 1. The minimum absolute atomic E-state index is 0.0686. The number of nitrogens with zero attached hydrogens (tertiary/aromatic N) is 3. The minimum atomic E-state index is -1.27. The zero-order valence-corrected chi connectivity index (χ0v) is 18.9. The number of esters is 1. The van der Waals surface area contributed by atoms with Gasteiger partial charge < -0.3 is 9.84 Å². The van der Waals surface area contributed by atoms with E-state index in [1.165, 1.54) is 29.0 Å². The van der Waals surface area contributed by atoms with E-state index in [1.54, 1.807) is 11.9 Å². The second-order valence-electron chi connectivity index (χ2n) is 7.24. The predicted octanol–water partition coefficient (Wildman–Crippen LogP) is 3.06. The summed E-state index contributed by atoms with van der Waals surface area (Å²) in [4.78, 5) is 42.3. The first-order valence-electron chi connectivity index (χ1n) is 9.25. The van der Waals surface area contributed by atoms with Gasteiger partial charge in [0, 0.05) is 24.5 Å². The van der Waals surface area contributed by atoms with Crippen LogP contribution in [0.2, 0.25) is 0 Å². The van der Waals surface area contributed by atoms with E-state index in [-0.39, 0.29) is 5.70 Å². The van der Waals surface area contributed by atoms with E-state index >= 15 is 0 Å². The summed E-state index contributed by atoms with van der Waals surface area (Å²) in [7, 11) is 0. The summed E-state index contributed by atoms with van der Waals surface area (Å²) in [6, 6.07) is 5.61. The van der Waals surface area contributed by atoms with E-state index in [0.717, 1.165) is 35.5 Å². The first-order valence-corrected chi connectivity index (χ1v) is 11.9. The van der Waals surface area contributed by atoms with Crippen molar-refractivity contribution in [3.63, 3.8) is 0 Å². The smallest absolute Gasteiger partial charge is 0.353 e. The molecule has 156 valence electrons. The molecule has 0 spiro atoms. The summed E-state index contributed by atoms with van der Waals surface area (Å²) < 4.78 is 6.47. The molecular weight excluding hydrogens is 494 g/mol. The lowest BCUT2D eigenvalue weighted by Crippen LogP contribution is -2.70. The molecule has 1 N–H and O–H groups in total. The van der Waals surface area contributed by atoms with E-state index in [1.807, 2.05) is 18.2 Å². The molecule has 11 heteroatoms. The highest BCUT2D eigenvalue weighted by Crippen LogP contribution is 2.58. The van der Waals surface area contributed by atoms with Gasteiger partial charge in [0.2, 0.25) is 0 Å². The van der Waals surface area contributed by atoms with Crippen molar-refractivity contribution in [3.05, 3.63) is 40.7 Å². The van der Waals surface area contributed by atoms with Crippen LogP contribution in [-0.2, 0) is 25.5 Å². The Morgan fingerprint density at radius 1 is 1.43 bits per heavy atom. The Labute approximate surface area is 188 Å². The van der Waals surface area contributed by atoms with E-state index < -0.39 is 33.6 Å². The molecule has 3 aliphatic heterocycles. The fourth-order valence-corrected chi connectivity index (χ4v) is 7.37. The van der Waals surface area contributed by atoms with E-state index in [4.69, 9.17) is 9.72 Å². The van der Waals surface area contributed by atoms with Crippen molar-refractivity contribution < 1.29 is 24.2 Å². The summed E-state index contributed by atoms with van der Waals surface area (Å²) >= 11 is 6.46. The van der Waals surface area contributed by atoms with Gasteiger partial charge in [-0.15, -0.1) is 11.8 Å². The molecule has 0 saturated carbocycles. The maximum atomic E-state index is 13.0. The first kappa shape index (κ1) is 20.0. The molecule has 0 radical (unpaired) electrons. The number of carbonyl (C=O) groups is 3. The Morgan fingerprint density at radius 3 is 2.97 bits per heavy atom. The van der Waals surface area contributed by atoms with Crippen LogP contribution in [0, 0.1) is 0 Å². The monoisotopic (exact) mass is 509 g/mol. The molecule has 2 unspecified atom stereocenters. The number of aryl methyl sites for hydroxylation is 1. The fraction of sp³-hybridized carbons (Fsp3) is 0.368. The molecule has 1 fully saturated rings. The van der Waals surface area contributed by atoms with Gasteiger partial charge in [0.05, 0.1) is 11.0 Å². The van der Waals surface area contributed by atoms with Crippen molar-refractivity contribution >= 4 is 68.5 Å². The van der Waals surface area contributed by atoms with Crippen molar-refractivity contribution in [3.8, 4) is 0 Å². The van der Waals surface area contributed by atoms with E-state index in [0.29, 0.717) is 5.56 Å². The number of carbonyl (C=O) groups excluding carboxylic acids is 2. The lowest BCUT2D eigenvalue weighted by Gasteiger charge is -2.51. The minimum Gasteiger partial charge on any atom is -0.477 e. The third-order valence-corrected chi connectivity index (χ3v) is 9.19. The van der Waals surface area contributed by atoms with Crippen molar-refractivity contribution in [2.75, 3.05) is 5.75 Å². The van der Waals surface area contributed by atoms with Gasteiger partial charge in [-0.1, -0.05) is 22.0 Å². The number of carboxylic acid groups (broad SMARTS) is 1. The quantitative estimate of drug-likeness (QED) is 0.381. The van der Waals surface area contributed by atoms with Crippen molar-refractivity contribution in [2.24, 2.45) is 0 Å². The highest BCUT2D eigenvalue weighted by molar-refractivity contribution is 9.10. The number of hydrogen-bond donors (Lipinski definition) is 1. The lowest BCUT2D eigenvalue weighted by molar-refractivity contribution is -0.162. The number of amides is 1. The average molecular weight is 510 g/mol. The first-order chi connectivity index (χ1) is 14.3. The maximum Gasteiger partial charge on any atom is 0.353 e. The largest absolute Gasteiger partial charge is 0.477 e. The van der Waals surface area contributed by atoms with Crippen LogP contribution in [-0.4, -0.2) is 52.3 Å². The molecular formula is C19H16BrN3O5S2. The Kier molecular flexibility index (Phi) is 4.67. The van der Waals surface area contributed by atoms with Gasteiger partial charge in [-0.2, -0.15) is 0 Å². The number of thioether (sulfide) groups is 1. The summed E-state index contributed by atoms with van der Waals surface area (Å²) in [5, 5.41) is 10.3. The molecule has 3 atom stereocenters. The van der Waals surface area contributed by atoms with Crippen LogP contribution in [0.1, 0.15) is 30.8 Å². The number of benzene rings is 1. The molecule has 5 rings (SSSR count). The van der Waals surface area contributed by atoms with Gasteiger partial charge in [0.1, 0.15) is 16.9 Å². The molecule has 4 heterocycles. The predicted molar refractivity (Wildman–Crippen MR) is 116 cm³/mol. The van der Waals surface area contributed by atoms with Crippen LogP contribution in [0.15, 0.2) is 29.3 Å². The van der Waals surface area contributed by atoms with Crippen LogP contribution < -0.4 is 0 Å². The van der Waals surface area contributed by atoms with Gasteiger partial charge in [0.15, 0.2) is 10.4 Å². The van der Waals surface area contributed by atoms with Crippen LogP contribution in [0.4, 0.5) is 0 Å². The van der Waals surface area contributed by atoms with Crippen molar-refractivity contribution in [1.29, 1.82) is 0 Å². The third kappa shape index (κ3) is 2.75. The lowest BCUT2D eigenvalue weighted by atomic mass is 9.86. The Hall–Kier alpha value is -1.98. The van der Waals surface area contributed by atoms with Crippen molar-refractivity contribution in [2.45, 2.75) is 35.6 Å². The Morgan fingerprint density at radius 2 is 2.23 bits per heavy atom. The molecule has 8 nitrogen and oxygen atoms in total. The summed E-state index contributed by atoms with van der Waals surface area (Å²) in [5.41, 5.74) is 2.32. The molecule has 1 aromatic heterocycles. The summed E-state index contributed by atoms with van der Waals surface area (Å²) in [5.74, 6) is -0.109. The van der Waals surface area contributed by atoms with Gasteiger partial charge in [-0.25, -0.2) is 9.78 Å². The fourth-order valence-electron chi connectivity index (χ4n) is 4.03. The zero-order chi connectivity index (χ0) is 21.2. The SMILES string of the molecule is CC(=O)OC(c1ccc2c(c1)nc1n2SCCC1)C1(Br)C(=O)N2C(C(=O)O)=CS[C@@H]21. The van der Waals surface area contributed by atoms with Gasteiger partial charge in [0.25, 0.3) is 5.91 Å². The van der Waals surface area contributed by atoms with Crippen LogP contribution in [0.25, 0.3) is 11.0 Å². The second kappa shape index (κ2) is 7.03. The number of aliphatic carboxylic acids is 1. The number of imidazole rings is 1. The molecule has 3 aliphatic rings. The third-order valence-electron chi connectivity index (χ3n) is 5.36. The molecule has 30 heavy (non-hydrogen) atoms. The van der Waals surface area contributed by atoms with Crippen LogP contribution in [0.3, 0.4) is 0 Å². The van der Waals surface area contributed by atoms with Crippen LogP contribution in [0.5, 0.6) is 0 Å². The Bertz CT molecular complexity index is 1150. The highest BCUT2D eigenvalue weighted by Gasteiger charge is 2.68. The number of ether oxygens (including phenoxy) is 1. The number of hydrogen-bond acceptors (Lipinski definition) is 7. The molecule has 0 bridgehead atoms. The number of rotatable bonds is 4. The number of aromatic nitrogens is 2. The average Bonchev–Trinajstić information content (AvgIpc) is 3.30. The van der Waals surface area contributed by atoms with E-state index in [9.17, 15) is 19.5 Å². The second-order valence-corrected chi connectivity index (χ2v) is 10.5. The number of fused-ring (bicyclic) bond motifs is 4. The van der Waals surface area contributed by atoms with E-state index in [2.05, 4.69) is 19.9 Å². The Balaban J connectivity index is 1.55. The highest BCUT2D eigenvalue weighted by atomic mass is 79.9. The molecule has 1 saturated heterocycles. The maximum absolute atomic E-state index is 13.0. The molecule has 2 aromatic rings. The van der Waals surface area contributed by atoms with Gasteiger partial charge >= 0.3 is 11.9 Å². The standard InChI is InChI=1S/C19H16BrN3O5S2/c1-9(24)28-15(19(20)17(27)22-13(16(25)26)8-29-18(19)22)10-4-5-12-11(7-10)21-14-3-2-6-30-23(12)14/h4-5,7-8,15,18H,2-3,6H2,1H3,(H,25,26)/t15?,18-,19?/m1/s1. The molecule has 1 amide bonds. The number of β-lactam (4-membered cyclic amide) rings is 1. The zero-order valence-electron chi connectivity index (χ0n) is 15.7. The van der Waals surface area contributed by atoms with Gasteiger partial charge in [-0.3, -0.25) is 18.5 Å². The summed E-state index contributed by atoms with van der Waals surface area (Å²) in [6.45, 7) is 1.29. The summed E-state index contributed by atoms with van der Waals surface area (Å²) in [6.07, 6.45) is 1.06. The normalized spacial score (nSPS) is 25.9. The van der Waals surface area contributed by atoms with Gasteiger partial charge in [-0.05, 0) is 36.1 Å². The molecule has 0 aliphatic carbocycles. The van der Waals surface area contributed by atoms with Crippen LogP contribution >= 0.6 is 39.6 Å². The number of carboxylic acids is 1.